The number of benzene rings is 2. The second kappa shape index (κ2) is 46.9. The minimum Gasteiger partial charge on any atom is -0.394 e. The first-order chi connectivity index (χ1) is 46.6. The Morgan fingerprint density at radius 2 is 0.806 bits per heavy atom. The van der Waals surface area contributed by atoms with Crippen LogP contribution < -0.4 is 109 Å². The van der Waals surface area contributed by atoms with Crippen LogP contribution in [0, 0.1) is 0 Å². The molecule has 13 amide bonds. The predicted octanol–water partition coefficient (Wildman–Crippen LogP) is -9.01. The highest BCUT2D eigenvalue weighted by molar-refractivity contribution is 5.99. The van der Waals surface area contributed by atoms with E-state index in [-0.39, 0.29) is 89.5 Å². The minimum atomic E-state index is -1.73. The Hall–Kier alpha value is -10.1. The molecule has 37 heteroatoms. The topological polar surface area (TPSA) is 626 Å². The van der Waals surface area contributed by atoms with Crippen molar-refractivity contribution in [2.45, 2.75) is 158 Å². The quantitative estimate of drug-likeness (QED) is 0.0166. The first-order valence-corrected chi connectivity index (χ1v) is 32.0. The summed E-state index contributed by atoms with van der Waals surface area (Å²) >= 11 is 0. The van der Waals surface area contributed by atoms with Gasteiger partial charge in [-0.25, -0.2) is 0 Å². The fraction of sp³-hybridized carbons (Fsp3) is 0.557. The zero-order valence-corrected chi connectivity index (χ0v) is 55.5. The normalized spacial score (nSPS) is 13.9. The average Bonchev–Trinajstić information content (AvgIpc) is 0.938. The molecule has 29 N–H and O–H groups in total. The lowest BCUT2D eigenvalue weighted by Crippen LogP contribution is -2.60. The van der Waals surface area contributed by atoms with Crippen LogP contribution in [0.25, 0.3) is 0 Å². The molecule has 0 aromatic heterocycles. The van der Waals surface area contributed by atoms with Gasteiger partial charge in [-0.05, 0) is 109 Å². The standard InChI is InChI=1S/C61H100N22O15/c1-35(75-48(88)33-74-59(98)50(37(3)85)83-57(96)44(28-38-16-6-4-7-17-38)77-49(89)32-73-47(87)31-72-46(86)30-69-29-39-18-8-5-9-19-39)52(91)79-43(23-15-27-71-61(67)68)55(94)81-41(21-11-13-25-63)56(95)82-45(34-84)58(97)76-36(2)53(92)80-42(22-14-26-70-60(65)66)54(93)78-40(51(64)90)20-10-12-24-62/h4-9,16-19,35-37,40-45,50,69,84-85H,10-15,20-34,62-63H2,1-3H3,(H2,64,90)(H,72,86)(H,73,87)(H,74,98)(H,75,88)(H,76,97)(H,77,89)(H,78,93)(H,79,91)(H,80,92)(H,81,94)(H,82,95)(H,83,96)(H4,65,66,70)(H4,67,68,71)/t35-,36-,37+,40-,41-,42-,43-,44-,45-,50-/m0/s1. The van der Waals surface area contributed by atoms with Gasteiger partial charge in [0.1, 0.15) is 54.4 Å². The van der Waals surface area contributed by atoms with E-state index < -0.39 is 164 Å². The number of nitrogens with two attached hydrogens (primary N) is 7. The van der Waals surface area contributed by atoms with Crippen molar-refractivity contribution in [2.75, 3.05) is 59.0 Å². The maximum Gasteiger partial charge on any atom is 0.245 e. The van der Waals surface area contributed by atoms with E-state index in [1.54, 1.807) is 30.3 Å². The highest BCUT2D eigenvalue weighted by Gasteiger charge is 2.34. The molecular weight excluding hydrogens is 1280 g/mol. The highest BCUT2D eigenvalue weighted by Crippen LogP contribution is 2.10. The van der Waals surface area contributed by atoms with Crippen molar-refractivity contribution in [1.29, 1.82) is 0 Å². The van der Waals surface area contributed by atoms with Gasteiger partial charge >= 0.3 is 0 Å². The molecule has 0 saturated carbocycles. The molecule has 98 heavy (non-hydrogen) atoms. The molecule has 0 saturated heterocycles. The molecular formula is C61H100N22O15. The molecule has 0 bridgehead atoms. The average molecular weight is 1380 g/mol. The summed E-state index contributed by atoms with van der Waals surface area (Å²) in [5, 5.41) is 53.1. The maximum atomic E-state index is 14.1. The van der Waals surface area contributed by atoms with E-state index in [1.165, 1.54) is 20.8 Å². The molecule has 544 valence electrons. The van der Waals surface area contributed by atoms with Crippen LogP contribution in [0.2, 0.25) is 0 Å². The summed E-state index contributed by atoms with van der Waals surface area (Å²) in [6, 6.07) is 4.80. The second-order valence-electron chi connectivity index (χ2n) is 22.8. The predicted molar refractivity (Wildman–Crippen MR) is 360 cm³/mol. The Bertz CT molecular complexity index is 2970. The number of unbranched alkanes of at least 4 members (excludes halogenated alkanes) is 2. The summed E-state index contributed by atoms with van der Waals surface area (Å²) < 4.78 is 0. The Morgan fingerprint density at radius 1 is 0.408 bits per heavy atom. The minimum absolute atomic E-state index is 0.0228. The summed E-state index contributed by atoms with van der Waals surface area (Å²) in [6.07, 6.45) is 0.0650. The van der Waals surface area contributed by atoms with Gasteiger partial charge < -0.3 is 119 Å². The van der Waals surface area contributed by atoms with E-state index in [0.717, 1.165) is 5.56 Å². The molecule has 0 fully saturated rings. The Labute approximate surface area is 567 Å². The molecule has 37 nitrogen and oxygen atoms in total. The third kappa shape index (κ3) is 35.0. The molecule has 0 unspecified atom stereocenters. The number of hydrogen-bond donors (Lipinski definition) is 22. The maximum absolute atomic E-state index is 14.1. The monoisotopic (exact) mass is 1380 g/mol. The fourth-order valence-electron chi connectivity index (χ4n) is 9.07. The summed E-state index contributed by atoms with van der Waals surface area (Å²) in [5.41, 5.74) is 40.1. The van der Waals surface area contributed by atoms with Crippen molar-refractivity contribution >= 4 is 88.7 Å². The number of aliphatic hydroxyl groups is 2. The van der Waals surface area contributed by atoms with Crippen LogP contribution >= 0.6 is 0 Å². The van der Waals surface area contributed by atoms with E-state index in [4.69, 9.17) is 40.1 Å². The zero-order valence-electron chi connectivity index (χ0n) is 55.5. The van der Waals surface area contributed by atoms with Gasteiger partial charge in [0, 0.05) is 26.1 Å². The zero-order chi connectivity index (χ0) is 73.1. The lowest BCUT2D eigenvalue weighted by molar-refractivity contribution is -0.136. The number of aliphatic imine (C=N–C) groups is 2. The summed E-state index contributed by atoms with van der Waals surface area (Å²) in [6.45, 7) is 1.66. The van der Waals surface area contributed by atoms with Gasteiger partial charge in [0.15, 0.2) is 11.9 Å². The Balaban J connectivity index is 2.16. The van der Waals surface area contributed by atoms with Crippen LogP contribution in [-0.4, -0.2) is 218 Å². The van der Waals surface area contributed by atoms with Crippen molar-refractivity contribution in [3.05, 3.63) is 71.8 Å². The summed E-state index contributed by atoms with van der Waals surface area (Å²) in [4.78, 5) is 181. The van der Waals surface area contributed by atoms with Gasteiger partial charge in [-0.3, -0.25) is 72.3 Å². The van der Waals surface area contributed by atoms with E-state index in [2.05, 4.69) is 79.1 Å². The van der Waals surface area contributed by atoms with Gasteiger partial charge in [0.05, 0.1) is 38.9 Å². The lowest BCUT2D eigenvalue weighted by Gasteiger charge is -2.26. The summed E-state index contributed by atoms with van der Waals surface area (Å²) in [5.74, 6) is -11.9. The van der Waals surface area contributed by atoms with Crippen molar-refractivity contribution in [2.24, 2.45) is 50.1 Å². The van der Waals surface area contributed by atoms with E-state index in [9.17, 15) is 72.5 Å². The largest absolute Gasteiger partial charge is 0.394 e. The molecule has 0 heterocycles. The molecule has 2 aromatic carbocycles. The van der Waals surface area contributed by atoms with Gasteiger partial charge in [0.25, 0.3) is 0 Å². The number of nitrogens with one attached hydrogen (secondary N) is 13. The SMILES string of the molecule is C[C@H](NC(=O)CNC(=O)[C@@H](NC(=O)[C@H](Cc1ccccc1)NC(=O)CNC(=O)CNC(=O)CNCc1ccccc1)[C@@H](C)O)C(=O)N[C@@H](CCCN=C(N)N)C(=O)N[C@@H](CCCCN)C(=O)N[C@@H](CO)C(=O)N[C@@H](C)C(=O)N[C@@H](CCCN=C(N)N)C(=O)N[C@@H](CCCCN)C(N)=O. The van der Waals surface area contributed by atoms with Crippen LogP contribution in [0.4, 0.5) is 0 Å². The number of aliphatic hydroxyl groups excluding tert-OH is 2. The van der Waals surface area contributed by atoms with Gasteiger partial charge in [-0.1, -0.05) is 60.7 Å². The number of rotatable bonds is 48. The number of amides is 13. The number of hydrogen-bond acceptors (Lipinski definition) is 20. The van der Waals surface area contributed by atoms with E-state index >= 15 is 0 Å². The van der Waals surface area contributed by atoms with Gasteiger partial charge in [-0.15, -0.1) is 0 Å². The third-order valence-electron chi connectivity index (χ3n) is 14.5. The smallest absolute Gasteiger partial charge is 0.245 e. The number of guanidine groups is 2. The summed E-state index contributed by atoms with van der Waals surface area (Å²) in [7, 11) is 0. The first kappa shape index (κ1) is 84.0. The van der Waals surface area contributed by atoms with Crippen molar-refractivity contribution in [3.63, 3.8) is 0 Å². The highest BCUT2D eigenvalue weighted by atomic mass is 16.3. The van der Waals surface area contributed by atoms with Crippen molar-refractivity contribution in [3.8, 4) is 0 Å². The lowest BCUT2D eigenvalue weighted by atomic mass is 10.0. The third-order valence-corrected chi connectivity index (χ3v) is 14.5. The molecule has 0 aliphatic heterocycles. The molecule has 0 aliphatic carbocycles. The van der Waals surface area contributed by atoms with Gasteiger partial charge in [-0.2, -0.15) is 0 Å². The Kier molecular flexibility index (Phi) is 40.2. The second-order valence-corrected chi connectivity index (χ2v) is 22.8. The fourth-order valence-corrected chi connectivity index (χ4v) is 9.07. The van der Waals surface area contributed by atoms with Crippen LogP contribution in [0.1, 0.15) is 96.1 Å². The number of primary amides is 1. The Morgan fingerprint density at radius 3 is 1.29 bits per heavy atom. The van der Waals surface area contributed by atoms with Crippen molar-refractivity contribution in [1.82, 2.24) is 69.1 Å². The van der Waals surface area contributed by atoms with E-state index in [1.807, 2.05) is 30.3 Å². The number of carbonyl (C=O) groups excluding carboxylic acids is 13. The van der Waals surface area contributed by atoms with E-state index in [0.29, 0.717) is 37.9 Å². The van der Waals surface area contributed by atoms with Crippen LogP contribution in [-0.2, 0) is 75.3 Å². The molecule has 2 aromatic rings. The van der Waals surface area contributed by atoms with Crippen LogP contribution in [0.5, 0.6) is 0 Å². The molecule has 0 spiro atoms. The van der Waals surface area contributed by atoms with Crippen LogP contribution in [0.3, 0.4) is 0 Å². The number of nitrogens with zero attached hydrogens (tertiary/aromatic N) is 2. The van der Waals surface area contributed by atoms with Gasteiger partial charge in [0.2, 0.25) is 76.8 Å². The molecule has 10 atom stereocenters. The van der Waals surface area contributed by atoms with Crippen LogP contribution in [0.15, 0.2) is 70.6 Å². The molecule has 2 rings (SSSR count). The first-order valence-electron chi connectivity index (χ1n) is 32.0. The van der Waals surface area contributed by atoms with Crippen molar-refractivity contribution < 1.29 is 72.5 Å². The molecule has 0 aliphatic rings. The number of carbonyl (C=O) groups is 13. The molecule has 0 radical (unpaired) electrons.